The first-order valence-corrected chi connectivity index (χ1v) is 6.85. The number of rotatable bonds is 5. The summed E-state index contributed by atoms with van der Waals surface area (Å²) in [6, 6.07) is 4.48. The van der Waals surface area contributed by atoms with Gasteiger partial charge >= 0.3 is 0 Å². The van der Waals surface area contributed by atoms with Crippen LogP contribution in [0.5, 0.6) is 0 Å². The highest BCUT2D eigenvalue weighted by molar-refractivity contribution is 7.98. The van der Waals surface area contributed by atoms with Crippen LogP contribution in [0.4, 0.5) is 5.69 Å². The van der Waals surface area contributed by atoms with E-state index in [1.807, 2.05) is 11.8 Å². The van der Waals surface area contributed by atoms with Gasteiger partial charge in [0, 0.05) is 12.2 Å². The van der Waals surface area contributed by atoms with Crippen LogP contribution in [0.25, 0.3) is 0 Å². The predicted octanol–water partition coefficient (Wildman–Crippen LogP) is 3.78. The SMILES string of the molecule is CSCCCNc1c(C)cc(C)cc1C. The van der Waals surface area contributed by atoms with E-state index in [9.17, 15) is 0 Å². The van der Waals surface area contributed by atoms with Crippen molar-refractivity contribution >= 4 is 17.4 Å². The largest absolute Gasteiger partial charge is 0.385 e. The fraction of sp³-hybridized carbons (Fsp3) is 0.538. The van der Waals surface area contributed by atoms with Crippen molar-refractivity contribution < 1.29 is 0 Å². The lowest BCUT2D eigenvalue weighted by atomic mass is 10.1. The minimum Gasteiger partial charge on any atom is -0.385 e. The van der Waals surface area contributed by atoms with Gasteiger partial charge in [-0.2, -0.15) is 11.8 Å². The lowest BCUT2D eigenvalue weighted by molar-refractivity contribution is 0.987. The van der Waals surface area contributed by atoms with Gasteiger partial charge in [0.05, 0.1) is 0 Å². The Kier molecular flexibility index (Phi) is 5.03. The summed E-state index contributed by atoms with van der Waals surface area (Å²) in [6.07, 6.45) is 3.39. The molecule has 15 heavy (non-hydrogen) atoms. The maximum absolute atomic E-state index is 3.53. The van der Waals surface area contributed by atoms with Crippen LogP contribution >= 0.6 is 11.8 Å². The summed E-state index contributed by atoms with van der Waals surface area (Å²) in [6.45, 7) is 7.58. The third-order valence-corrected chi connectivity index (χ3v) is 3.20. The molecule has 0 aliphatic carbocycles. The summed E-state index contributed by atoms with van der Waals surface area (Å²) in [4.78, 5) is 0. The molecule has 1 aromatic carbocycles. The molecule has 84 valence electrons. The molecule has 0 radical (unpaired) electrons. The number of hydrogen-bond donors (Lipinski definition) is 1. The predicted molar refractivity (Wildman–Crippen MR) is 72.1 cm³/mol. The second-order valence-corrected chi connectivity index (χ2v) is 5.03. The van der Waals surface area contributed by atoms with E-state index in [1.165, 1.54) is 34.6 Å². The van der Waals surface area contributed by atoms with E-state index >= 15 is 0 Å². The molecule has 0 fully saturated rings. The Labute approximate surface area is 97.7 Å². The zero-order valence-electron chi connectivity index (χ0n) is 10.2. The third kappa shape index (κ3) is 3.78. The number of hydrogen-bond acceptors (Lipinski definition) is 2. The molecule has 0 amide bonds. The standard InChI is InChI=1S/C13H21NS/c1-10-8-11(2)13(12(3)9-10)14-6-5-7-15-4/h8-9,14H,5-7H2,1-4H3. The van der Waals surface area contributed by atoms with Gasteiger partial charge in [-0.15, -0.1) is 0 Å². The first kappa shape index (κ1) is 12.4. The molecule has 0 aliphatic rings. The zero-order chi connectivity index (χ0) is 11.3. The molecular formula is C13H21NS. The van der Waals surface area contributed by atoms with Gasteiger partial charge in [-0.05, 0) is 50.3 Å². The van der Waals surface area contributed by atoms with Crippen LogP contribution in [-0.2, 0) is 0 Å². The fourth-order valence-corrected chi connectivity index (χ4v) is 2.32. The normalized spacial score (nSPS) is 10.4. The van der Waals surface area contributed by atoms with Crippen molar-refractivity contribution in [3.63, 3.8) is 0 Å². The van der Waals surface area contributed by atoms with Crippen LogP contribution in [-0.4, -0.2) is 18.6 Å². The lowest BCUT2D eigenvalue weighted by Gasteiger charge is -2.13. The quantitative estimate of drug-likeness (QED) is 0.762. The van der Waals surface area contributed by atoms with Crippen molar-refractivity contribution in [3.05, 3.63) is 28.8 Å². The van der Waals surface area contributed by atoms with E-state index in [4.69, 9.17) is 0 Å². The summed E-state index contributed by atoms with van der Waals surface area (Å²) >= 11 is 1.91. The molecule has 0 saturated heterocycles. The monoisotopic (exact) mass is 223 g/mol. The average Bonchev–Trinajstić information content (AvgIpc) is 2.15. The summed E-state index contributed by atoms with van der Waals surface area (Å²) < 4.78 is 0. The number of aryl methyl sites for hydroxylation is 3. The summed E-state index contributed by atoms with van der Waals surface area (Å²) in [5.41, 5.74) is 5.38. The third-order valence-electron chi connectivity index (χ3n) is 2.50. The van der Waals surface area contributed by atoms with Crippen molar-refractivity contribution in [1.29, 1.82) is 0 Å². The number of thioether (sulfide) groups is 1. The van der Waals surface area contributed by atoms with Gasteiger partial charge in [0.2, 0.25) is 0 Å². The minimum atomic E-state index is 1.07. The van der Waals surface area contributed by atoms with Crippen molar-refractivity contribution in [3.8, 4) is 0 Å². The highest BCUT2D eigenvalue weighted by Crippen LogP contribution is 2.21. The molecule has 0 bridgehead atoms. The second-order valence-electron chi connectivity index (χ2n) is 4.05. The molecule has 1 rings (SSSR count). The summed E-state index contributed by atoms with van der Waals surface area (Å²) in [5.74, 6) is 1.23. The Balaban J connectivity index is 2.60. The van der Waals surface area contributed by atoms with Crippen molar-refractivity contribution in [2.24, 2.45) is 0 Å². The van der Waals surface area contributed by atoms with Crippen molar-refractivity contribution in [2.45, 2.75) is 27.2 Å². The molecule has 1 nitrogen and oxygen atoms in total. The smallest absolute Gasteiger partial charge is 0.0399 e. The number of nitrogens with one attached hydrogen (secondary N) is 1. The average molecular weight is 223 g/mol. The van der Waals surface area contributed by atoms with Gasteiger partial charge in [0.25, 0.3) is 0 Å². The molecule has 0 atom stereocenters. The van der Waals surface area contributed by atoms with Crippen molar-refractivity contribution in [1.82, 2.24) is 0 Å². The highest BCUT2D eigenvalue weighted by Gasteiger charge is 2.02. The van der Waals surface area contributed by atoms with E-state index in [1.54, 1.807) is 0 Å². The van der Waals surface area contributed by atoms with E-state index in [0.29, 0.717) is 0 Å². The summed E-state index contributed by atoms with van der Waals surface area (Å²) in [7, 11) is 0. The molecule has 2 heteroatoms. The van der Waals surface area contributed by atoms with E-state index in [0.717, 1.165) is 6.54 Å². The van der Waals surface area contributed by atoms with Crippen LogP contribution in [0.3, 0.4) is 0 Å². The van der Waals surface area contributed by atoms with E-state index in [-0.39, 0.29) is 0 Å². The van der Waals surface area contributed by atoms with E-state index < -0.39 is 0 Å². The first-order valence-electron chi connectivity index (χ1n) is 5.46. The Morgan fingerprint density at radius 2 is 1.73 bits per heavy atom. The van der Waals surface area contributed by atoms with Crippen molar-refractivity contribution in [2.75, 3.05) is 23.9 Å². The molecule has 0 heterocycles. The highest BCUT2D eigenvalue weighted by atomic mass is 32.2. The zero-order valence-corrected chi connectivity index (χ0v) is 11.0. The molecule has 1 N–H and O–H groups in total. The maximum atomic E-state index is 3.53. The topological polar surface area (TPSA) is 12.0 Å². The van der Waals surface area contributed by atoms with Crippen LogP contribution in [0.1, 0.15) is 23.1 Å². The van der Waals surface area contributed by atoms with Gasteiger partial charge < -0.3 is 5.32 Å². The first-order chi connectivity index (χ1) is 7.15. The molecule has 0 aliphatic heterocycles. The summed E-state index contributed by atoms with van der Waals surface area (Å²) in [5, 5.41) is 3.53. The Morgan fingerprint density at radius 1 is 1.13 bits per heavy atom. The van der Waals surface area contributed by atoms with Gasteiger partial charge in [0.1, 0.15) is 0 Å². The minimum absolute atomic E-state index is 1.07. The van der Waals surface area contributed by atoms with Crippen LogP contribution in [0.2, 0.25) is 0 Å². The van der Waals surface area contributed by atoms with Crippen LogP contribution < -0.4 is 5.32 Å². The molecule has 1 aromatic rings. The molecule has 0 spiro atoms. The number of anilines is 1. The Bertz CT molecular complexity index is 297. The fourth-order valence-electron chi connectivity index (χ4n) is 1.89. The number of benzene rings is 1. The Morgan fingerprint density at radius 3 is 2.27 bits per heavy atom. The van der Waals surface area contributed by atoms with Crippen LogP contribution in [0, 0.1) is 20.8 Å². The maximum Gasteiger partial charge on any atom is 0.0399 e. The lowest BCUT2D eigenvalue weighted by Crippen LogP contribution is -2.05. The van der Waals surface area contributed by atoms with Gasteiger partial charge in [-0.3, -0.25) is 0 Å². The van der Waals surface area contributed by atoms with Gasteiger partial charge in [-0.1, -0.05) is 17.7 Å². The Hall–Kier alpha value is -0.630. The van der Waals surface area contributed by atoms with Crippen LogP contribution in [0.15, 0.2) is 12.1 Å². The van der Waals surface area contributed by atoms with Gasteiger partial charge in [0.15, 0.2) is 0 Å². The molecule has 0 saturated carbocycles. The van der Waals surface area contributed by atoms with E-state index in [2.05, 4.69) is 44.5 Å². The molecule has 0 aromatic heterocycles. The molecule has 0 unspecified atom stereocenters. The second kappa shape index (κ2) is 6.06. The molecular weight excluding hydrogens is 202 g/mol. The van der Waals surface area contributed by atoms with Gasteiger partial charge in [-0.25, -0.2) is 0 Å².